The van der Waals surface area contributed by atoms with E-state index in [1.807, 2.05) is 0 Å². The summed E-state index contributed by atoms with van der Waals surface area (Å²) in [4.78, 5) is 26.4. The second-order valence-corrected chi connectivity index (χ2v) is 6.45. The first kappa shape index (κ1) is 19.1. The molecule has 27 heavy (non-hydrogen) atoms. The second kappa shape index (κ2) is 8.37. The Hall–Kier alpha value is -2.63. The third-order valence-electron chi connectivity index (χ3n) is 3.59. The van der Waals surface area contributed by atoms with Gasteiger partial charge in [-0.05, 0) is 6.07 Å². The summed E-state index contributed by atoms with van der Waals surface area (Å²) in [6, 6.07) is 3.17. The Morgan fingerprint density at radius 1 is 1.22 bits per heavy atom. The number of fused-ring (bicyclic) bond motifs is 1. The number of H-pyrrole nitrogens is 1. The molecule has 0 bridgehead atoms. The Kier molecular flexibility index (Phi) is 5.94. The lowest BCUT2D eigenvalue weighted by Crippen LogP contribution is -2.28. The van der Waals surface area contributed by atoms with Crippen LogP contribution in [0.3, 0.4) is 0 Å². The molecule has 8 nitrogen and oxygen atoms in total. The van der Waals surface area contributed by atoms with Gasteiger partial charge in [0.15, 0.2) is 28.3 Å². The van der Waals surface area contributed by atoms with Crippen LogP contribution in [0.4, 0.5) is 14.6 Å². The fraction of sp³-hybridized carbons (Fsp3) is 0.250. The standard InChI is InChI=1S/C16H15F2N5O3S/c17-10-3-1-2-8(12(10)18)7-27-16-22-14(20-9(5-24)6-25)13-15(23-16)21-11(26)4-19-13/h1-4,9,24-25H,5-7H2,(H2,20,21,22,23,26). The van der Waals surface area contributed by atoms with Gasteiger partial charge in [-0.2, -0.15) is 0 Å². The fourth-order valence-corrected chi connectivity index (χ4v) is 3.04. The van der Waals surface area contributed by atoms with E-state index in [1.165, 1.54) is 12.1 Å². The summed E-state index contributed by atoms with van der Waals surface area (Å²) in [5.41, 5.74) is 0.0428. The zero-order valence-corrected chi connectivity index (χ0v) is 14.6. The van der Waals surface area contributed by atoms with Crippen LogP contribution in [0.25, 0.3) is 11.2 Å². The molecule has 0 amide bonds. The number of aromatic amines is 1. The Balaban J connectivity index is 1.95. The molecule has 0 atom stereocenters. The average molecular weight is 395 g/mol. The molecular weight excluding hydrogens is 380 g/mol. The number of thioether (sulfide) groups is 1. The van der Waals surface area contributed by atoms with E-state index in [-0.39, 0.29) is 46.7 Å². The number of nitrogens with one attached hydrogen (secondary N) is 2. The topological polar surface area (TPSA) is 124 Å². The van der Waals surface area contributed by atoms with Crippen LogP contribution >= 0.6 is 11.8 Å². The molecule has 1 aromatic carbocycles. The quantitative estimate of drug-likeness (QED) is 0.346. The van der Waals surface area contributed by atoms with Crippen molar-refractivity contribution in [3.63, 3.8) is 0 Å². The number of aliphatic hydroxyl groups is 2. The molecule has 142 valence electrons. The van der Waals surface area contributed by atoms with Crippen molar-refractivity contribution < 1.29 is 19.0 Å². The van der Waals surface area contributed by atoms with Gasteiger partial charge in [-0.25, -0.2) is 23.7 Å². The molecule has 3 aromatic rings. The van der Waals surface area contributed by atoms with Crippen LogP contribution in [0.15, 0.2) is 34.3 Å². The van der Waals surface area contributed by atoms with E-state index in [2.05, 4.69) is 25.3 Å². The van der Waals surface area contributed by atoms with Crippen molar-refractivity contribution in [1.29, 1.82) is 0 Å². The number of rotatable bonds is 7. The van der Waals surface area contributed by atoms with Crippen LogP contribution in [-0.2, 0) is 5.75 Å². The molecule has 0 radical (unpaired) electrons. The number of anilines is 1. The van der Waals surface area contributed by atoms with E-state index in [0.29, 0.717) is 0 Å². The molecule has 0 spiro atoms. The van der Waals surface area contributed by atoms with Gasteiger partial charge < -0.3 is 20.5 Å². The second-order valence-electron chi connectivity index (χ2n) is 5.51. The lowest BCUT2D eigenvalue weighted by Gasteiger charge is -2.15. The number of halogens is 2. The van der Waals surface area contributed by atoms with Gasteiger partial charge in [0.2, 0.25) is 0 Å². The molecular formula is C16H15F2N5O3S. The molecule has 2 aromatic heterocycles. The monoisotopic (exact) mass is 395 g/mol. The molecule has 0 saturated carbocycles. The van der Waals surface area contributed by atoms with Crippen LogP contribution in [0.1, 0.15) is 5.56 Å². The maximum atomic E-state index is 13.8. The minimum atomic E-state index is -0.947. The van der Waals surface area contributed by atoms with Crippen LogP contribution in [-0.4, -0.2) is 49.4 Å². The first-order valence-electron chi connectivity index (χ1n) is 7.82. The molecule has 0 aliphatic heterocycles. The molecule has 0 saturated heterocycles. The van der Waals surface area contributed by atoms with E-state index >= 15 is 0 Å². The van der Waals surface area contributed by atoms with Crippen molar-refractivity contribution in [2.24, 2.45) is 0 Å². The molecule has 0 aliphatic rings. The summed E-state index contributed by atoms with van der Waals surface area (Å²) in [7, 11) is 0. The first-order valence-corrected chi connectivity index (χ1v) is 8.81. The van der Waals surface area contributed by atoms with E-state index in [4.69, 9.17) is 0 Å². The molecule has 0 unspecified atom stereocenters. The van der Waals surface area contributed by atoms with Crippen molar-refractivity contribution in [3.05, 3.63) is 51.9 Å². The number of aliphatic hydroxyl groups excluding tert-OH is 2. The van der Waals surface area contributed by atoms with Gasteiger partial charge >= 0.3 is 0 Å². The average Bonchev–Trinajstić information content (AvgIpc) is 2.66. The van der Waals surface area contributed by atoms with Crippen LogP contribution < -0.4 is 10.9 Å². The van der Waals surface area contributed by atoms with Crippen LogP contribution in [0.5, 0.6) is 0 Å². The third-order valence-corrected chi connectivity index (χ3v) is 4.48. The smallest absolute Gasteiger partial charge is 0.268 e. The molecule has 2 heterocycles. The Bertz CT molecular complexity index is 1010. The zero-order valence-electron chi connectivity index (χ0n) is 13.8. The summed E-state index contributed by atoms with van der Waals surface area (Å²) in [5, 5.41) is 21.5. The van der Waals surface area contributed by atoms with Gasteiger partial charge in [0.25, 0.3) is 5.56 Å². The highest BCUT2D eigenvalue weighted by Crippen LogP contribution is 2.26. The summed E-state index contributed by atoms with van der Waals surface area (Å²) < 4.78 is 27.1. The van der Waals surface area contributed by atoms with Crippen molar-refractivity contribution in [1.82, 2.24) is 19.9 Å². The molecule has 11 heteroatoms. The first-order chi connectivity index (χ1) is 13.0. The van der Waals surface area contributed by atoms with E-state index in [1.54, 1.807) is 0 Å². The third kappa shape index (κ3) is 4.38. The Labute approximate surface area is 155 Å². The van der Waals surface area contributed by atoms with Gasteiger partial charge in [0, 0.05) is 11.3 Å². The number of hydrogen-bond acceptors (Lipinski definition) is 8. The van der Waals surface area contributed by atoms with Crippen molar-refractivity contribution in [3.8, 4) is 0 Å². The highest BCUT2D eigenvalue weighted by Gasteiger charge is 2.15. The summed E-state index contributed by atoms with van der Waals surface area (Å²) in [6.45, 7) is -0.718. The van der Waals surface area contributed by atoms with Crippen LogP contribution in [0.2, 0.25) is 0 Å². The minimum Gasteiger partial charge on any atom is -0.394 e. The van der Waals surface area contributed by atoms with Crippen molar-refractivity contribution >= 4 is 28.7 Å². The molecule has 0 aliphatic carbocycles. The van der Waals surface area contributed by atoms with Gasteiger partial charge in [-0.1, -0.05) is 23.9 Å². The lowest BCUT2D eigenvalue weighted by atomic mass is 10.2. The largest absolute Gasteiger partial charge is 0.394 e. The predicted molar refractivity (Wildman–Crippen MR) is 95.5 cm³/mol. The van der Waals surface area contributed by atoms with Gasteiger partial charge in [0.1, 0.15) is 5.52 Å². The zero-order chi connectivity index (χ0) is 19.4. The van der Waals surface area contributed by atoms with Gasteiger partial charge in [0.05, 0.1) is 25.5 Å². The Morgan fingerprint density at radius 2 is 2.00 bits per heavy atom. The maximum absolute atomic E-state index is 13.8. The number of nitrogens with zero attached hydrogens (tertiary/aromatic N) is 3. The van der Waals surface area contributed by atoms with Gasteiger partial charge in [-0.3, -0.25) is 4.79 Å². The van der Waals surface area contributed by atoms with Crippen molar-refractivity contribution in [2.45, 2.75) is 17.0 Å². The highest BCUT2D eigenvalue weighted by molar-refractivity contribution is 7.98. The fourth-order valence-electron chi connectivity index (χ4n) is 2.23. The predicted octanol–water partition coefficient (Wildman–Crippen LogP) is 1.05. The SMILES string of the molecule is O=c1cnc2c(NC(CO)CO)nc(SCc3cccc(F)c3F)nc2[nH]1. The summed E-state index contributed by atoms with van der Waals surface area (Å²) in [5.74, 6) is -1.65. The molecule has 0 fully saturated rings. The Morgan fingerprint density at radius 3 is 2.74 bits per heavy atom. The van der Waals surface area contributed by atoms with Gasteiger partial charge in [-0.15, -0.1) is 0 Å². The molecule has 3 rings (SSSR count). The lowest BCUT2D eigenvalue weighted by molar-refractivity contribution is 0.203. The van der Waals surface area contributed by atoms with Crippen molar-refractivity contribution in [2.75, 3.05) is 18.5 Å². The summed E-state index contributed by atoms with van der Waals surface area (Å²) in [6.07, 6.45) is 1.05. The summed E-state index contributed by atoms with van der Waals surface area (Å²) >= 11 is 1.03. The highest BCUT2D eigenvalue weighted by atomic mass is 32.2. The van der Waals surface area contributed by atoms with E-state index in [9.17, 15) is 23.8 Å². The number of benzene rings is 1. The van der Waals surface area contributed by atoms with E-state index in [0.717, 1.165) is 24.0 Å². The van der Waals surface area contributed by atoms with E-state index < -0.39 is 23.2 Å². The maximum Gasteiger partial charge on any atom is 0.268 e. The minimum absolute atomic E-state index is 0.0580. The normalized spacial score (nSPS) is 11.3. The van der Waals surface area contributed by atoms with Crippen LogP contribution in [0, 0.1) is 11.6 Å². The number of hydrogen-bond donors (Lipinski definition) is 4. The number of aromatic nitrogens is 4. The molecule has 4 N–H and O–H groups in total.